The number of allylic oxidation sites excluding steroid dienone is 3. The molecule has 0 fully saturated rings. The summed E-state index contributed by atoms with van der Waals surface area (Å²) in [7, 11) is 0.917. The van der Waals surface area contributed by atoms with Gasteiger partial charge in [-0.3, -0.25) is 0 Å². The molecule has 0 amide bonds. The van der Waals surface area contributed by atoms with Crippen LogP contribution < -0.4 is 9.47 Å². The molecule has 7 heteroatoms. The lowest BCUT2D eigenvalue weighted by molar-refractivity contribution is -0.128. The Labute approximate surface area is 338 Å². The van der Waals surface area contributed by atoms with E-state index in [2.05, 4.69) is 102 Å². The van der Waals surface area contributed by atoms with Crippen molar-refractivity contribution in [1.29, 1.82) is 0 Å². The van der Waals surface area contributed by atoms with E-state index in [0.29, 0.717) is 6.61 Å². The Bertz CT molecular complexity index is 1790. The number of methoxy groups -OCH3 is 2. The lowest BCUT2D eigenvalue weighted by atomic mass is 9.79. The second-order valence-electron chi connectivity index (χ2n) is 16.3. The zero-order chi connectivity index (χ0) is 40.9. The van der Waals surface area contributed by atoms with Gasteiger partial charge < -0.3 is 28.2 Å². The molecule has 0 aliphatic heterocycles. The van der Waals surface area contributed by atoms with E-state index in [1.807, 2.05) is 86.6 Å². The van der Waals surface area contributed by atoms with Crippen LogP contribution in [-0.4, -0.2) is 47.6 Å². The van der Waals surface area contributed by atoms with Crippen LogP contribution in [0, 0.1) is 17.8 Å². The molecule has 0 aromatic heterocycles. The topological polar surface area (TPSA) is 63.2 Å². The lowest BCUT2D eigenvalue weighted by Crippen LogP contribution is -2.51. The lowest BCUT2D eigenvalue weighted by Gasteiger charge is -2.45. The molecule has 0 spiro atoms. The molecule has 5 atom stereocenters. The zero-order valence-electron chi connectivity index (χ0n) is 35.5. The smallest absolute Gasteiger partial charge is 0.192 e. The molecule has 0 aliphatic rings. The van der Waals surface area contributed by atoms with E-state index >= 15 is 0 Å². The number of ether oxygens (including phenoxy) is 4. The van der Waals surface area contributed by atoms with Crippen molar-refractivity contribution in [3.63, 3.8) is 0 Å². The van der Waals surface area contributed by atoms with Crippen molar-refractivity contribution in [1.82, 2.24) is 0 Å². The summed E-state index contributed by atoms with van der Waals surface area (Å²) >= 11 is 0. The Morgan fingerprint density at radius 3 is 1.71 bits per heavy atom. The van der Waals surface area contributed by atoms with Gasteiger partial charge in [0.25, 0.3) is 0 Å². The predicted molar refractivity (Wildman–Crippen MR) is 232 cm³/mol. The third-order valence-corrected chi connectivity index (χ3v) is 15.6. The van der Waals surface area contributed by atoms with Crippen LogP contribution >= 0.6 is 0 Å². The molecule has 300 valence electrons. The van der Waals surface area contributed by atoms with Gasteiger partial charge in [-0.2, -0.15) is 0 Å². The van der Waals surface area contributed by atoms with Crippen LogP contribution in [0.5, 0.6) is 11.5 Å². The molecular formula is C49H64O6Si. The number of carbonyl (C=O) groups is 1. The Morgan fingerprint density at radius 1 is 0.750 bits per heavy atom. The van der Waals surface area contributed by atoms with Gasteiger partial charge in [-0.1, -0.05) is 138 Å². The van der Waals surface area contributed by atoms with E-state index in [1.54, 1.807) is 14.2 Å². The van der Waals surface area contributed by atoms with Crippen molar-refractivity contribution >= 4 is 14.6 Å². The Hall–Kier alpha value is -4.27. The third kappa shape index (κ3) is 11.0. The van der Waals surface area contributed by atoms with Crippen molar-refractivity contribution in [2.45, 2.75) is 91.0 Å². The van der Waals surface area contributed by atoms with Gasteiger partial charge in [0.05, 0.1) is 39.6 Å². The van der Waals surface area contributed by atoms with Crippen LogP contribution in [0.4, 0.5) is 0 Å². The van der Waals surface area contributed by atoms with Gasteiger partial charge in [-0.25, -0.2) is 0 Å². The zero-order valence-corrected chi connectivity index (χ0v) is 36.5. The van der Waals surface area contributed by atoms with Gasteiger partial charge in [0.1, 0.15) is 23.4 Å². The fourth-order valence-corrected chi connectivity index (χ4v) is 8.38. The minimum absolute atomic E-state index is 0.0808. The molecule has 6 nitrogen and oxygen atoms in total. The molecule has 0 unspecified atom stereocenters. The monoisotopic (exact) mass is 776 g/mol. The highest BCUT2D eigenvalue weighted by molar-refractivity contribution is 6.74. The number of carbonyl (C=O) groups excluding carboxylic acids is 1. The number of benzene rings is 4. The Morgan fingerprint density at radius 2 is 1.25 bits per heavy atom. The van der Waals surface area contributed by atoms with Crippen LogP contribution in [-0.2, 0) is 30.9 Å². The first-order chi connectivity index (χ1) is 26.7. The molecule has 4 rings (SSSR count). The molecule has 0 heterocycles. The number of hydrogen-bond donors (Lipinski definition) is 0. The standard InChI is InChI=1S/C49H64O6Si/c1-12-19-36(2)32-37(3)47(55-56(10,11)48(5,6)7)45(46(38(4)33-50)53-34-39-24-28-43(51-8)29-25-39)35-54-49(40-20-15-13-16-21-40,41-22-17-14-18-23-41)42-26-30-44(52-9)31-27-42/h12-33,36,38,45-47H,34-35H2,1-11H3/b19-12-,37-32+/t36-,38+,45-,46-,47-/m0/s1. The van der Waals surface area contributed by atoms with Crippen molar-refractivity contribution in [3.05, 3.63) is 155 Å². The van der Waals surface area contributed by atoms with Crippen molar-refractivity contribution in [3.8, 4) is 11.5 Å². The molecule has 0 N–H and O–H groups in total. The van der Waals surface area contributed by atoms with Gasteiger partial charge in [0.2, 0.25) is 0 Å². The van der Waals surface area contributed by atoms with Gasteiger partial charge in [0, 0.05) is 11.8 Å². The van der Waals surface area contributed by atoms with Crippen molar-refractivity contribution < 1.29 is 28.2 Å². The fourth-order valence-electron chi connectivity index (χ4n) is 7.03. The summed E-state index contributed by atoms with van der Waals surface area (Å²) in [5, 5.41) is -0.0808. The maximum atomic E-state index is 13.0. The summed E-state index contributed by atoms with van der Waals surface area (Å²) in [5.74, 6) is 0.820. The van der Waals surface area contributed by atoms with Crippen LogP contribution in [0.2, 0.25) is 18.1 Å². The van der Waals surface area contributed by atoms with E-state index in [9.17, 15) is 4.79 Å². The number of rotatable bonds is 20. The first kappa shape index (κ1) is 44.4. The third-order valence-electron chi connectivity index (χ3n) is 11.2. The van der Waals surface area contributed by atoms with E-state index in [4.69, 9.17) is 23.4 Å². The molecule has 56 heavy (non-hydrogen) atoms. The maximum absolute atomic E-state index is 13.0. The second-order valence-corrected chi connectivity index (χ2v) is 21.1. The minimum Gasteiger partial charge on any atom is -0.497 e. The minimum atomic E-state index is -2.41. The van der Waals surface area contributed by atoms with Gasteiger partial charge >= 0.3 is 0 Å². The number of aldehydes is 1. The van der Waals surface area contributed by atoms with E-state index in [-0.39, 0.29) is 17.6 Å². The van der Waals surface area contributed by atoms with Gasteiger partial charge in [0.15, 0.2) is 8.32 Å². The van der Waals surface area contributed by atoms with Gasteiger partial charge in [-0.05, 0) is 90.0 Å². The summed E-state index contributed by atoms with van der Waals surface area (Å²) in [6.07, 6.45) is 6.56. The van der Waals surface area contributed by atoms with E-state index in [1.165, 1.54) is 0 Å². The van der Waals surface area contributed by atoms with Crippen molar-refractivity contribution in [2.24, 2.45) is 17.8 Å². The van der Waals surface area contributed by atoms with E-state index < -0.39 is 38.0 Å². The predicted octanol–water partition coefficient (Wildman–Crippen LogP) is 11.6. The fraction of sp³-hybridized carbons (Fsp3) is 0.408. The average Bonchev–Trinajstić information content (AvgIpc) is 3.20. The highest BCUT2D eigenvalue weighted by Gasteiger charge is 2.46. The first-order valence-electron chi connectivity index (χ1n) is 19.8. The normalized spacial score (nSPS) is 15.5. The quantitative estimate of drug-likeness (QED) is 0.0385. The average molecular weight is 777 g/mol. The van der Waals surface area contributed by atoms with Crippen molar-refractivity contribution in [2.75, 3.05) is 20.8 Å². The van der Waals surface area contributed by atoms with Crippen LogP contribution in [0.25, 0.3) is 0 Å². The number of hydrogen-bond acceptors (Lipinski definition) is 6. The second kappa shape index (κ2) is 20.2. The molecule has 0 saturated carbocycles. The molecule has 4 aromatic rings. The highest BCUT2D eigenvalue weighted by atomic mass is 28.4. The summed E-state index contributed by atoms with van der Waals surface area (Å²) in [6.45, 7) is 20.2. The molecule has 0 bridgehead atoms. The van der Waals surface area contributed by atoms with Crippen LogP contribution in [0.3, 0.4) is 0 Å². The molecule has 0 radical (unpaired) electrons. The van der Waals surface area contributed by atoms with Gasteiger partial charge in [-0.15, -0.1) is 0 Å². The maximum Gasteiger partial charge on any atom is 0.192 e. The molecule has 0 saturated heterocycles. The Kier molecular flexibility index (Phi) is 16.1. The van der Waals surface area contributed by atoms with E-state index in [0.717, 1.165) is 45.6 Å². The summed E-state index contributed by atoms with van der Waals surface area (Å²) in [6, 6.07) is 36.7. The first-order valence-corrected chi connectivity index (χ1v) is 22.7. The molecule has 0 aliphatic carbocycles. The van der Waals surface area contributed by atoms with Crippen LogP contribution in [0.15, 0.2) is 133 Å². The highest BCUT2D eigenvalue weighted by Crippen LogP contribution is 2.44. The molecule has 4 aromatic carbocycles. The summed E-state index contributed by atoms with van der Waals surface area (Å²) in [4.78, 5) is 13.0. The summed E-state index contributed by atoms with van der Waals surface area (Å²) in [5.41, 5.74) is 3.93. The van der Waals surface area contributed by atoms with Crippen LogP contribution in [0.1, 0.15) is 70.7 Å². The largest absolute Gasteiger partial charge is 0.497 e. The summed E-state index contributed by atoms with van der Waals surface area (Å²) < 4.78 is 33.1. The Balaban J connectivity index is 1.98. The molecular weight excluding hydrogens is 713 g/mol. The SMILES string of the molecule is C/C=C\[C@H](C)/C=C(\C)[C@H](O[Si](C)(C)C(C)(C)C)[C@@H](COC(c1ccccc1)(c1ccccc1)c1ccc(OC)cc1)[C@@H](OCc1ccc(OC)cc1)[C@H](C)C=O.